The van der Waals surface area contributed by atoms with Crippen LogP contribution >= 0.6 is 0 Å². The Balaban J connectivity index is 2.15. The Morgan fingerprint density at radius 3 is 2.00 bits per heavy atom. The van der Waals surface area contributed by atoms with E-state index in [1.807, 2.05) is 24.3 Å². The predicted molar refractivity (Wildman–Crippen MR) is 68.0 cm³/mol. The third-order valence-electron chi connectivity index (χ3n) is 2.31. The number of benzene rings is 2. The fraction of sp³-hybridized carbons (Fsp3) is 0. The van der Waals surface area contributed by atoms with E-state index >= 15 is 0 Å². The predicted octanol–water partition coefficient (Wildman–Crippen LogP) is 1.98. The Hall–Kier alpha value is -1.76. The maximum atomic E-state index is 3.73. The van der Waals surface area contributed by atoms with E-state index in [0.717, 1.165) is 5.56 Å². The molecule has 2 aromatic rings. The van der Waals surface area contributed by atoms with E-state index in [1.165, 1.54) is 10.9 Å². The van der Waals surface area contributed by atoms with Crippen LogP contribution in [0.1, 0.15) is 5.56 Å². The Kier molecular flexibility index (Phi) is 3.03. The first-order chi connectivity index (χ1) is 7.38. The molecule has 1 heteroatoms. The minimum Gasteiger partial charge on any atom is -0.0985 e. The molecule has 0 spiro atoms. The van der Waals surface area contributed by atoms with Crippen molar-refractivity contribution in [1.29, 1.82) is 0 Å². The second kappa shape index (κ2) is 4.65. The van der Waals surface area contributed by atoms with Gasteiger partial charge in [-0.05, 0) is 5.56 Å². The van der Waals surface area contributed by atoms with Crippen molar-refractivity contribution < 1.29 is 0 Å². The summed E-state index contributed by atoms with van der Waals surface area (Å²) in [6.45, 7) is 3.73. The zero-order valence-electron chi connectivity index (χ0n) is 8.56. The summed E-state index contributed by atoms with van der Waals surface area (Å²) in [4.78, 5) is 0. The van der Waals surface area contributed by atoms with Crippen LogP contribution in [0.25, 0.3) is 6.08 Å². The molecule has 0 saturated heterocycles. The van der Waals surface area contributed by atoms with Gasteiger partial charge in [0.05, 0.1) is 0 Å². The first kappa shape index (κ1) is 9.79. The first-order valence-corrected chi connectivity index (χ1v) is 5.01. The lowest BCUT2D eigenvalue weighted by Crippen LogP contribution is -2.26. The van der Waals surface area contributed by atoms with Gasteiger partial charge in [-0.3, -0.25) is 0 Å². The topological polar surface area (TPSA) is 0 Å². The van der Waals surface area contributed by atoms with Gasteiger partial charge >= 0.3 is 0 Å². The Labute approximate surface area is 91.5 Å². The molecular weight excluding hydrogens is 179 g/mol. The lowest BCUT2D eigenvalue weighted by molar-refractivity contribution is 1.70. The summed E-state index contributed by atoms with van der Waals surface area (Å²) < 4.78 is 0. The fourth-order valence-corrected chi connectivity index (χ4v) is 1.47. The molecule has 0 fully saturated rings. The summed E-state index contributed by atoms with van der Waals surface area (Å²) in [6.07, 6.45) is 1.85. The van der Waals surface area contributed by atoms with Crippen molar-refractivity contribution in [3.8, 4) is 0 Å². The molecule has 0 amide bonds. The van der Waals surface area contributed by atoms with E-state index in [1.54, 1.807) is 0 Å². The quantitative estimate of drug-likeness (QED) is 0.650. The molecule has 71 valence electrons. The standard InChI is InChI=1S/C14H12B/c1-2-12-8-10-14(11-9-12)15-13-6-4-3-5-7-13/h2-11H,1H2. The van der Waals surface area contributed by atoms with Crippen molar-refractivity contribution in [2.24, 2.45) is 0 Å². The van der Waals surface area contributed by atoms with Crippen LogP contribution in [0.5, 0.6) is 0 Å². The van der Waals surface area contributed by atoms with Gasteiger partial charge in [0.2, 0.25) is 0 Å². The van der Waals surface area contributed by atoms with E-state index in [0.29, 0.717) is 0 Å². The Morgan fingerprint density at radius 1 is 0.800 bits per heavy atom. The Bertz CT molecular complexity index is 429. The first-order valence-electron chi connectivity index (χ1n) is 5.01. The van der Waals surface area contributed by atoms with Crippen LogP contribution in [0.4, 0.5) is 0 Å². The summed E-state index contributed by atoms with van der Waals surface area (Å²) in [6, 6.07) is 18.7. The van der Waals surface area contributed by atoms with Gasteiger partial charge in [-0.2, -0.15) is 0 Å². The SMILES string of the molecule is C=Cc1ccc([B]c2ccccc2)cc1. The highest BCUT2D eigenvalue weighted by atomic mass is 13.9. The molecule has 2 rings (SSSR count). The molecule has 0 aliphatic rings. The van der Waals surface area contributed by atoms with E-state index in [2.05, 4.69) is 50.3 Å². The second-order valence-electron chi connectivity index (χ2n) is 3.43. The van der Waals surface area contributed by atoms with Crippen molar-refractivity contribution in [2.75, 3.05) is 0 Å². The maximum absolute atomic E-state index is 3.73. The van der Waals surface area contributed by atoms with Crippen LogP contribution in [-0.2, 0) is 0 Å². The van der Waals surface area contributed by atoms with Gasteiger partial charge in [-0.1, -0.05) is 78.2 Å². The van der Waals surface area contributed by atoms with Gasteiger partial charge in [-0.15, -0.1) is 0 Å². The third-order valence-corrected chi connectivity index (χ3v) is 2.31. The molecule has 0 heterocycles. The van der Waals surface area contributed by atoms with Crippen molar-refractivity contribution in [3.05, 3.63) is 66.7 Å². The van der Waals surface area contributed by atoms with E-state index < -0.39 is 0 Å². The molecule has 15 heavy (non-hydrogen) atoms. The lowest BCUT2D eigenvalue weighted by atomic mass is 9.64. The van der Waals surface area contributed by atoms with E-state index in [-0.39, 0.29) is 0 Å². The molecule has 0 aliphatic carbocycles. The van der Waals surface area contributed by atoms with Crippen LogP contribution in [0.2, 0.25) is 0 Å². The van der Waals surface area contributed by atoms with Gasteiger partial charge in [0.25, 0.3) is 0 Å². The van der Waals surface area contributed by atoms with Crippen LogP contribution in [-0.4, -0.2) is 7.28 Å². The largest absolute Gasteiger partial charge is 0.191 e. The molecule has 0 aromatic heterocycles. The monoisotopic (exact) mass is 191 g/mol. The van der Waals surface area contributed by atoms with Gasteiger partial charge in [0, 0.05) is 0 Å². The summed E-state index contributed by atoms with van der Waals surface area (Å²) in [5, 5.41) is 0. The summed E-state index contributed by atoms with van der Waals surface area (Å²) in [7, 11) is 2.16. The minimum absolute atomic E-state index is 1.15. The molecule has 1 radical (unpaired) electrons. The summed E-state index contributed by atoms with van der Waals surface area (Å²) in [5.41, 5.74) is 3.59. The van der Waals surface area contributed by atoms with Crippen molar-refractivity contribution in [3.63, 3.8) is 0 Å². The van der Waals surface area contributed by atoms with Gasteiger partial charge in [0.15, 0.2) is 7.28 Å². The molecule has 0 bridgehead atoms. The highest BCUT2D eigenvalue weighted by Crippen LogP contribution is 1.97. The normalized spacial score (nSPS) is 9.60. The number of rotatable bonds is 3. The molecule has 0 saturated carbocycles. The summed E-state index contributed by atoms with van der Waals surface area (Å²) in [5.74, 6) is 0. The van der Waals surface area contributed by atoms with Gasteiger partial charge < -0.3 is 0 Å². The smallest absolute Gasteiger partial charge is 0.0985 e. The zero-order valence-corrected chi connectivity index (χ0v) is 8.56. The van der Waals surface area contributed by atoms with Crippen molar-refractivity contribution in [2.45, 2.75) is 0 Å². The Morgan fingerprint density at radius 2 is 1.40 bits per heavy atom. The molecule has 0 atom stereocenters. The number of hydrogen-bond acceptors (Lipinski definition) is 0. The van der Waals surface area contributed by atoms with Crippen LogP contribution in [0, 0.1) is 0 Å². The van der Waals surface area contributed by atoms with Crippen molar-refractivity contribution >= 4 is 24.3 Å². The molecule has 2 aromatic carbocycles. The van der Waals surface area contributed by atoms with Gasteiger partial charge in [-0.25, -0.2) is 0 Å². The molecule has 0 N–H and O–H groups in total. The zero-order chi connectivity index (χ0) is 10.5. The van der Waals surface area contributed by atoms with Crippen LogP contribution in [0.15, 0.2) is 61.2 Å². The van der Waals surface area contributed by atoms with E-state index in [9.17, 15) is 0 Å². The van der Waals surface area contributed by atoms with Crippen molar-refractivity contribution in [1.82, 2.24) is 0 Å². The highest BCUT2D eigenvalue weighted by molar-refractivity contribution is 6.67. The second-order valence-corrected chi connectivity index (χ2v) is 3.43. The van der Waals surface area contributed by atoms with Crippen LogP contribution in [0.3, 0.4) is 0 Å². The molecule has 0 unspecified atom stereocenters. The minimum atomic E-state index is 1.15. The van der Waals surface area contributed by atoms with E-state index in [4.69, 9.17) is 0 Å². The lowest BCUT2D eigenvalue weighted by Gasteiger charge is -2.00. The average molecular weight is 191 g/mol. The average Bonchev–Trinajstić information content (AvgIpc) is 2.31. The maximum Gasteiger partial charge on any atom is 0.191 e. The summed E-state index contributed by atoms with van der Waals surface area (Å²) >= 11 is 0. The van der Waals surface area contributed by atoms with Gasteiger partial charge in [0.1, 0.15) is 0 Å². The van der Waals surface area contributed by atoms with Crippen LogP contribution < -0.4 is 10.9 Å². The highest BCUT2D eigenvalue weighted by Gasteiger charge is 1.97. The third kappa shape index (κ3) is 2.60. The molecule has 0 aliphatic heterocycles. The molecule has 0 nitrogen and oxygen atoms in total. The fourth-order valence-electron chi connectivity index (χ4n) is 1.47. The molecular formula is C14H12B. The number of hydrogen-bond donors (Lipinski definition) is 0.